The summed E-state index contributed by atoms with van der Waals surface area (Å²) in [5.41, 5.74) is -1.77. The highest BCUT2D eigenvalue weighted by Crippen LogP contribution is 2.38. The van der Waals surface area contributed by atoms with E-state index in [1.54, 1.807) is 6.92 Å². The van der Waals surface area contributed by atoms with Gasteiger partial charge in [-0.1, -0.05) is 25.4 Å². The highest BCUT2D eigenvalue weighted by molar-refractivity contribution is 6.35. The molecule has 154 valence electrons. The third kappa shape index (κ3) is 4.54. The normalized spacial score (nSPS) is 12.1. The summed E-state index contributed by atoms with van der Waals surface area (Å²) >= 11 is 6.10. The van der Waals surface area contributed by atoms with Crippen molar-refractivity contribution in [3.05, 3.63) is 28.7 Å². The summed E-state index contributed by atoms with van der Waals surface area (Å²) in [6.45, 7) is 1.29. The summed E-state index contributed by atoms with van der Waals surface area (Å²) in [6.07, 6.45) is -1.71. The lowest BCUT2D eigenvalue weighted by Crippen LogP contribution is -2.25. The Labute approximate surface area is 163 Å². The summed E-state index contributed by atoms with van der Waals surface area (Å²) in [7, 11) is 0. The van der Waals surface area contributed by atoms with E-state index in [0.29, 0.717) is 0 Å². The van der Waals surface area contributed by atoms with Crippen molar-refractivity contribution in [1.82, 2.24) is 14.8 Å². The first kappa shape index (κ1) is 21.9. The van der Waals surface area contributed by atoms with E-state index >= 15 is 0 Å². The third-order valence-electron chi connectivity index (χ3n) is 4.02. The molecule has 0 saturated carbocycles. The number of carboxylic acids is 1. The molecule has 0 bridgehead atoms. The predicted molar refractivity (Wildman–Crippen MR) is 93.2 cm³/mol. The Morgan fingerprint density at radius 2 is 2.00 bits per heavy atom. The molecule has 0 atom stereocenters. The van der Waals surface area contributed by atoms with Gasteiger partial charge < -0.3 is 9.84 Å². The number of alkyl halides is 4. The van der Waals surface area contributed by atoms with Crippen LogP contribution in [0.1, 0.15) is 37.0 Å². The SMILES string of the molecule is CCn1nc(C(=O)O)c(Cl)c1-c1cnc(CC(C)(C)C(F)F)cc1OC(F)F. The fourth-order valence-electron chi connectivity index (χ4n) is 2.55. The molecule has 0 saturated heterocycles. The van der Waals surface area contributed by atoms with Crippen LogP contribution >= 0.6 is 11.6 Å². The molecule has 0 aliphatic carbocycles. The van der Waals surface area contributed by atoms with Crippen LogP contribution in [0.15, 0.2) is 12.3 Å². The highest BCUT2D eigenvalue weighted by atomic mass is 35.5. The molecule has 0 aliphatic rings. The fourth-order valence-corrected chi connectivity index (χ4v) is 2.87. The Morgan fingerprint density at radius 1 is 1.36 bits per heavy atom. The van der Waals surface area contributed by atoms with Gasteiger partial charge in [0.2, 0.25) is 6.43 Å². The Balaban J connectivity index is 2.61. The van der Waals surface area contributed by atoms with E-state index in [-0.39, 0.29) is 40.7 Å². The average molecular weight is 424 g/mol. The number of pyridine rings is 1. The van der Waals surface area contributed by atoms with Crippen molar-refractivity contribution in [3.8, 4) is 17.0 Å². The number of halogens is 5. The molecule has 0 aromatic carbocycles. The van der Waals surface area contributed by atoms with Gasteiger partial charge in [-0.25, -0.2) is 13.6 Å². The zero-order valence-electron chi connectivity index (χ0n) is 15.2. The van der Waals surface area contributed by atoms with Gasteiger partial charge >= 0.3 is 12.6 Å². The fraction of sp³-hybridized carbons (Fsp3) is 0.471. The molecule has 1 N–H and O–H groups in total. The van der Waals surface area contributed by atoms with Crippen molar-refractivity contribution in [2.24, 2.45) is 5.41 Å². The van der Waals surface area contributed by atoms with Gasteiger partial charge in [-0.15, -0.1) is 0 Å². The smallest absolute Gasteiger partial charge is 0.387 e. The van der Waals surface area contributed by atoms with Gasteiger partial charge in [-0.3, -0.25) is 9.67 Å². The molecule has 0 amide bonds. The van der Waals surface area contributed by atoms with Crippen LogP contribution in [-0.2, 0) is 13.0 Å². The molecule has 0 fully saturated rings. The second kappa shape index (κ2) is 8.34. The Kier molecular flexibility index (Phi) is 6.53. The van der Waals surface area contributed by atoms with Crippen LogP contribution in [0.2, 0.25) is 5.02 Å². The number of nitrogens with zero attached hydrogens (tertiary/aromatic N) is 3. The molecule has 0 unspecified atom stereocenters. The van der Waals surface area contributed by atoms with E-state index in [1.165, 1.54) is 18.5 Å². The predicted octanol–water partition coefficient (Wildman–Crippen LogP) is 4.75. The number of aromatic carboxylic acids is 1. The number of hydrogen-bond donors (Lipinski definition) is 1. The first-order chi connectivity index (χ1) is 13.0. The zero-order valence-corrected chi connectivity index (χ0v) is 16.0. The van der Waals surface area contributed by atoms with Crippen molar-refractivity contribution in [2.45, 2.75) is 46.8 Å². The van der Waals surface area contributed by atoms with Crippen molar-refractivity contribution in [2.75, 3.05) is 0 Å². The number of carboxylic acid groups (broad SMARTS) is 1. The summed E-state index contributed by atoms with van der Waals surface area (Å²) in [6, 6.07) is 1.12. The highest BCUT2D eigenvalue weighted by Gasteiger charge is 2.31. The van der Waals surface area contributed by atoms with Crippen molar-refractivity contribution in [1.29, 1.82) is 0 Å². The van der Waals surface area contributed by atoms with E-state index in [9.17, 15) is 27.5 Å². The summed E-state index contributed by atoms with van der Waals surface area (Å²) in [4.78, 5) is 15.3. The molecule has 0 spiro atoms. The first-order valence-corrected chi connectivity index (χ1v) is 8.57. The largest absolute Gasteiger partial charge is 0.476 e. The summed E-state index contributed by atoms with van der Waals surface area (Å²) < 4.78 is 57.8. The van der Waals surface area contributed by atoms with Crippen LogP contribution in [0.5, 0.6) is 5.75 Å². The van der Waals surface area contributed by atoms with E-state index in [1.807, 2.05) is 0 Å². The molecule has 2 aromatic rings. The summed E-state index contributed by atoms with van der Waals surface area (Å²) in [5, 5.41) is 12.8. The molecular formula is C17H18ClF4N3O3. The van der Waals surface area contributed by atoms with Crippen molar-refractivity contribution < 1.29 is 32.2 Å². The number of hydrogen-bond acceptors (Lipinski definition) is 4. The minimum Gasteiger partial charge on any atom is -0.476 e. The Hall–Kier alpha value is -2.36. The monoisotopic (exact) mass is 423 g/mol. The van der Waals surface area contributed by atoms with Gasteiger partial charge in [-0.2, -0.15) is 13.9 Å². The summed E-state index contributed by atoms with van der Waals surface area (Å²) in [5.74, 6) is -1.75. The quantitative estimate of drug-likeness (QED) is 0.620. The zero-order chi connectivity index (χ0) is 21.2. The standard InChI is InChI=1S/C17H18ClF4N3O3/c1-4-25-13(11(18)12(24-25)14(26)27)9-7-23-8(5-10(9)28-16(21)22)6-17(2,3)15(19)20/h5,7,15-16H,4,6H2,1-3H3,(H,26,27). The van der Waals surface area contributed by atoms with E-state index in [2.05, 4.69) is 14.8 Å². The molecule has 28 heavy (non-hydrogen) atoms. The van der Waals surface area contributed by atoms with Gasteiger partial charge in [0.05, 0.1) is 11.3 Å². The second-order valence-electron chi connectivity index (χ2n) is 6.65. The lowest BCUT2D eigenvalue weighted by atomic mass is 9.88. The van der Waals surface area contributed by atoms with Crippen LogP contribution in [-0.4, -0.2) is 38.9 Å². The van der Waals surface area contributed by atoms with Crippen LogP contribution in [0.4, 0.5) is 17.6 Å². The van der Waals surface area contributed by atoms with Gasteiger partial charge in [-0.05, 0) is 6.92 Å². The molecule has 11 heteroatoms. The van der Waals surface area contributed by atoms with Crippen molar-refractivity contribution in [3.63, 3.8) is 0 Å². The molecule has 0 aliphatic heterocycles. The molecule has 6 nitrogen and oxygen atoms in total. The van der Waals surface area contributed by atoms with E-state index in [4.69, 9.17) is 11.6 Å². The lowest BCUT2D eigenvalue weighted by molar-refractivity contribution is -0.0496. The number of aryl methyl sites for hydroxylation is 1. The maximum atomic E-state index is 13.1. The topological polar surface area (TPSA) is 77.2 Å². The maximum Gasteiger partial charge on any atom is 0.387 e. The number of ether oxygens (including phenoxy) is 1. The van der Waals surface area contributed by atoms with Gasteiger partial charge in [0.1, 0.15) is 10.8 Å². The molecule has 0 radical (unpaired) electrons. The molecule has 2 heterocycles. The number of rotatable bonds is 8. The van der Waals surface area contributed by atoms with Gasteiger partial charge in [0, 0.05) is 36.3 Å². The maximum absolute atomic E-state index is 13.1. The first-order valence-electron chi connectivity index (χ1n) is 8.19. The second-order valence-corrected chi connectivity index (χ2v) is 7.03. The van der Waals surface area contributed by atoms with Gasteiger partial charge in [0.15, 0.2) is 5.69 Å². The third-order valence-corrected chi connectivity index (χ3v) is 4.38. The minimum absolute atomic E-state index is 0.0225. The molecular weight excluding hydrogens is 406 g/mol. The average Bonchev–Trinajstić information content (AvgIpc) is 2.91. The van der Waals surface area contributed by atoms with Crippen LogP contribution < -0.4 is 4.74 Å². The van der Waals surface area contributed by atoms with Gasteiger partial charge in [0.25, 0.3) is 0 Å². The lowest BCUT2D eigenvalue weighted by Gasteiger charge is -2.23. The van der Waals surface area contributed by atoms with E-state index in [0.717, 1.165) is 12.3 Å². The molecule has 2 aromatic heterocycles. The van der Waals surface area contributed by atoms with Crippen LogP contribution in [0.3, 0.4) is 0 Å². The number of carbonyl (C=O) groups is 1. The van der Waals surface area contributed by atoms with E-state index < -0.39 is 30.1 Å². The van der Waals surface area contributed by atoms with Crippen LogP contribution in [0.25, 0.3) is 11.3 Å². The molecule has 2 rings (SSSR count). The van der Waals surface area contributed by atoms with Crippen molar-refractivity contribution >= 4 is 17.6 Å². The Bertz CT molecular complexity index is 872. The van der Waals surface area contributed by atoms with Crippen LogP contribution in [0, 0.1) is 5.41 Å². The number of aromatic nitrogens is 3. The Morgan fingerprint density at radius 3 is 2.50 bits per heavy atom. The minimum atomic E-state index is -3.20.